The minimum atomic E-state index is -0.514. The summed E-state index contributed by atoms with van der Waals surface area (Å²) in [6, 6.07) is 19.6. The lowest BCUT2D eigenvalue weighted by Gasteiger charge is -2.12. The highest BCUT2D eigenvalue weighted by atomic mass is 35.5. The first kappa shape index (κ1) is 23.2. The summed E-state index contributed by atoms with van der Waals surface area (Å²) in [4.78, 5) is 12.6. The molecule has 3 rings (SSSR count). The number of benzene rings is 3. The van der Waals surface area contributed by atoms with Crippen molar-refractivity contribution >= 4 is 40.9 Å². The molecule has 0 bridgehead atoms. The zero-order valence-corrected chi connectivity index (χ0v) is 19.0. The van der Waals surface area contributed by atoms with Crippen LogP contribution in [0.4, 0.5) is 5.69 Å². The molecule has 0 aromatic heterocycles. The number of nitrogens with one attached hydrogen (secondary N) is 1. The number of methoxy groups -OCH3 is 1. The second-order valence-corrected chi connectivity index (χ2v) is 7.78. The van der Waals surface area contributed by atoms with Crippen molar-refractivity contribution in [3.8, 4) is 17.6 Å². The Hall–Kier alpha value is -3.46. The molecule has 7 heteroatoms. The predicted octanol–water partition coefficient (Wildman–Crippen LogP) is 6.44. The Labute approximate surface area is 196 Å². The standard InChI is InChI=1S/C25H20Cl2N2O3/c1-16-11-21(27)8-9-22(16)29-25(30)19(14-28)12-18-5-10-23(24(13-18)31-2)32-15-17-3-6-20(26)7-4-17/h3-13H,15H2,1-2H3,(H,29,30)/b19-12+. The van der Waals surface area contributed by atoms with Crippen molar-refractivity contribution < 1.29 is 14.3 Å². The van der Waals surface area contributed by atoms with E-state index in [0.717, 1.165) is 11.1 Å². The summed E-state index contributed by atoms with van der Waals surface area (Å²) in [7, 11) is 1.53. The normalized spacial score (nSPS) is 10.9. The SMILES string of the molecule is COc1cc(/C=C(\C#N)C(=O)Nc2ccc(Cl)cc2C)ccc1OCc1ccc(Cl)cc1. The summed E-state index contributed by atoms with van der Waals surface area (Å²) in [5, 5.41) is 13.5. The maximum atomic E-state index is 12.6. The molecule has 0 atom stereocenters. The number of anilines is 1. The van der Waals surface area contributed by atoms with Gasteiger partial charge < -0.3 is 14.8 Å². The lowest BCUT2D eigenvalue weighted by molar-refractivity contribution is -0.112. The number of carbonyl (C=O) groups excluding carboxylic acids is 1. The summed E-state index contributed by atoms with van der Waals surface area (Å²) in [5.41, 5.74) is 2.92. The van der Waals surface area contributed by atoms with E-state index in [4.69, 9.17) is 32.7 Å². The topological polar surface area (TPSA) is 71.3 Å². The Morgan fingerprint density at radius 1 is 1.03 bits per heavy atom. The fourth-order valence-corrected chi connectivity index (χ4v) is 3.26. The molecular formula is C25H20Cl2N2O3. The van der Waals surface area contributed by atoms with E-state index in [1.54, 1.807) is 48.5 Å². The van der Waals surface area contributed by atoms with Crippen molar-refractivity contribution in [2.45, 2.75) is 13.5 Å². The molecule has 0 fully saturated rings. The van der Waals surface area contributed by atoms with Crippen LogP contribution < -0.4 is 14.8 Å². The van der Waals surface area contributed by atoms with Crippen molar-refractivity contribution in [2.75, 3.05) is 12.4 Å². The van der Waals surface area contributed by atoms with Crippen LogP contribution in [0.25, 0.3) is 6.08 Å². The first-order valence-corrected chi connectivity index (χ1v) is 10.4. The van der Waals surface area contributed by atoms with Gasteiger partial charge >= 0.3 is 0 Å². The maximum absolute atomic E-state index is 12.6. The highest BCUT2D eigenvalue weighted by molar-refractivity contribution is 6.31. The molecule has 0 aliphatic heterocycles. The fraction of sp³-hybridized carbons (Fsp3) is 0.120. The molecule has 1 amide bonds. The smallest absolute Gasteiger partial charge is 0.266 e. The third-order valence-corrected chi connectivity index (χ3v) is 5.10. The van der Waals surface area contributed by atoms with Crippen LogP contribution in [0, 0.1) is 18.3 Å². The van der Waals surface area contributed by atoms with Gasteiger partial charge in [0.05, 0.1) is 7.11 Å². The number of hydrogen-bond donors (Lipinski definition) is 1. The minimum Gasteiger partial charge on any atom is -0.493 e. The number of rotatable bonds is 7. The number of carbonyl (C=O) groups is 1. The van der Waals surface area contributed by atoms with Crippen molar-refractivity contribution in [2.24, 2.45) is 0 Å². The Morgan fingerprint density at radius 2 is 1.75 bits per heavy atom. The molecule has 0 aliphatic carbocycles. The van der Waals surface area contributed by atoms with Crippen LogP contribution in [0.1, 0.15) is 16.7 Å². The van der Waals surface area contributed by atoms with E-state index >= 15 is 0 Å². The van der Waals surface area contributed by atoms with Gasteiger partial charge in [0.1, 0.15) is 18.2 Å². The van der Waals surface area contributed by atoms with Crippen molar-refractivity contribution in [3.05, 3.63) is 93.0 Å². The van der Waals surface area contributed by atoms with Gasteiger partial charge in [-0.25, -0.2) is 0 Å². The third kappa shape index (κ3) is 6.04. The number of nitrogens with zero attached hydrogens (tertiary/aromatic N) is 1. The van der Waals surface area contributed by atoms with Crippen LogP contribution in [-0.4, -0.2) is 13.0 Å². The Bertz CT molecular complexity index is 1200. The lowest BCUT2D eigenvalue weighted by Crippen LogP contribution is -2.14. The Morgan fingerprint density at radius 3 is 2.41 bits per heavy atom. The first-order chi connectivity index (χ1) is 15.4. The molecule has 1 N–H and O–H groups in total. The molecule has 32 heavy (non-hydrogen) atoms. The number of ether oxygens (including phenoxy) is 2. The predicted molar refractivity (Wildman–Crippen MR) is 127 cm³/mol. The number of amides is 1. The van der Waals surface area contributed by atoms with Gasteiger partial charge in [-0.2, -0.15) is 5.26 Å². The molecule has 0 unspecified atom stereocenters. The molecular weight excluding hydrogens is 447 g/mol. The maximum Gasteiger partial charge on any atom is 0.266 e. The van der Waals surface area contributed by atoms with Crippen LogP contribution in [0.3, 0.4) is 0 Å². The largest absolute Gasteiger partial charge is 0.493 e. The van der Waals surface area contributed by atoms with Crippen LogP contribution >= 0.6 is 23.2 Å². The molecule has 162 valence electrons. The lowest BCUT2D eigenvalue weighted by atomic mass is 10.1. The van der Waals surface area contributed by atoms with Crippen molar-refractivity contribution in [1.82, 2.24) is 0 Å². The minimum absolute atomic E-state index is 0.0452. The quantitative estimate of drug-likeness (QED) is 0.321. The molecule has 3 aromatic carbocycles. The Kier molecular flexibility index (Phi) is 7.77. The second-order valence-electron chi connectivity index (χ2n) is 6.91. The summed E-state index contributed by atoms with van der Waals surface area (Å²) in [6.45, 7) is 2.17. The van der Waals surface area contributed by atoms with Crippen LogP contribution in [-0.2, 0) is 11.4 Å². The van der Waals surface area contributed by atoms with Gasteiger partial charge in [0, 0.05) is 15.7 Å². The summed E-state index contributed by atoms with van der Waals surface area (Å²) >= 11 is 11.9. The molecule has 0 radical (unpaired) electrons. The second kappa shape index (κ2) is 10.7. The highest BCUT2D eigenvalue weighted by Crippen LogP contribution is 2.30. The van der Waals surface area contributed by atoms with E-state index in [-0.39, 0.29) is 5.57 Å². The zero-order valence-electron chi connectivity index (χ0n) is 17.5. The number of aryl methyl sites for hydroxylation is 1. The molecule has 0 saturated heterocycles. The summed E-state index contributed by atoms with van der Waals surface area (Å²) < 4.78 is 11.3. The van der Waals surface area contributed by atoms with E-state index in [0.29, 0.717) is 39.4 Å². The monoisotopic (exact) mass is 466 g/mol. The van der Waals surface area contributed by atoms with Gasteiger partial charge in [0.25, 0.3) is 5.91 Å². The molecule has 0 aliphatic rings. The number of halogens is 2. The average molecular weight is 467 g/mol. The van der Waals surface area contributed by atoms with Crippen LogP contribution in [0.15, 0.2) is 66.2 Å². The number of hydrogen-bond acceptors (Lipinski definition) is 4. The van der Waals surface area contributed by atoms with Gasteiger partial charge in [0.15, 0.2) is 11.5 Å². The van der Waals surface area contributed by atoms with Gasteiger partial charge in [-0.3, -0.25) is 4.79 Å². The summed E-state index contributed by atoms with van der Waals surface area (Å²) in [6.07, 6.45) is 1.49. The van der Waals surface area contributed by atoms with Crippen molar-refractivity contribution in [3.63, 3.8) is 0 Å². The Balaban J connectivity index is 1.76. The molecule has 3 aromatic rings. The van der Waals surface area contributed by atoms with Gasteiger partial charge in [-0.15, -0.1) is 0 Å². The van der Waals surface area contributed by atoms with Gasteiger partial charge in [-0.05, 0) is 72.2 Å². The van der Waals surface area contributed by atoms with E-state index in [2.05, 4.69) is 5.32 Å². The number of nitriles is 1. The fourth-order valence-electron chi connectivity index (χ4n) is 2.91. The van der Waals surface area contributed by atoms with Gasteiger partial charge in [-0.1, -0.05) is 41.4 Å². The summed E-state index contributed by atoms with van der Waals surface area (Å²) in [5.74, 6) is 0.512. The average Bonchev–Trinajstić information content (AvgIpc) is 2.79. The van der Waals surface area contributed by atoms with Crippen molar-refractivity contribution in [1.29, 1.82) is 5.26 Å². The van der Waals surface area contributed by atoms with Crippen LogP contribution in [0.5, 0.6) is 11.5 Å². The van der Waals surface area contributed by atoms with E-state index in [9.17, 15) is 10.1 Å². The molecule has 5 nitrogen and oxygen atoms in total. The van der Waals surface area contributed by atoms with E-state index < -0.39 is 5.91 Å². The molecule has 0 saturated carbocycles. The van der Waals surface area contributed by atoms with E-state index in [1.165, 1.54) is 13.2 Å². The van der Waals surface area contributed by atoms with Crippen LogP contribution in [0.2, 0.25) is 10.0 Å². The first-order valence-electron chi connectivity index (χ1n) is 9.64. The third-order valence-electron chi connectivity index (χ3n) is 4.61. The highest BCUT2D eigenvalue weighted by Gasteiger charge is 2.12. The molecule has 0 heterocycles. The molecule has 0 spiro atoms. The zero-order chi connectivity index (χ0) is 23.1. The van der Waals surface area contributed by atoms with Gasteiger partial charge in [0.2, 0.25) is 0 Å². The van der Waals surface area contributed by atoms with E-state index in [1.807, 2.05) is 25.1 Å².